The Labute approximate surface area is 175 Å². The number of nitrogens with zero attached hydrogens (tertiary/aromatic N) is 4. The number of carbonyl (C=O) groups excluding carboxylic acids is 1. The number of halogens is 3. The van der Waals surface area contributed by atoms with Gasteiger partial charge < -0.3 is 15.1 Å². The number of pyridine rings is 1. The van der Waals surface area contributed by atoms with E-state index in [2.05, 4.69) is 15.3 Å². The first-order chi connectivity index (χ1) is 14.4. The predicted octanol–water partition coefficient (Wildman–Crippen LogP) is 4.26. The van der Waals surface area contributed by atoms with Crippen molar-refractivity contribution in [3.8, 4) is 0 Å². The van der Waals surface area contributed by atoms with Gasteiger partial charge in [-0.15, -0.1) is 11.3 Å². The number of piperazine rings is 1. The largest absolute Gasteiger partial charge is 0.416 e. The number of alkyl halides is 3. The summed E-state index contributed by atoms with van der Waals surface area (Å²) < 4.78 is 38.8. The molecule has 1 aromatic carbocycles. The Hall–Kier alpha value is -3.14. The van der Waals surface area contributed by atoms with Gasteiger partial charge >= 0.3 is 6.18 Å². The fourth-order valence-electron chi connectivity index (χ4n) is 3.18. The van der Waals surface area contributed by atoms with Gasteiger partial charge in [0, 0.05) is 43.4 Å². The third kappa shape index (κ3) is 4.54. The van der Waals surface area contributed by atoms with Crippen molar-refractivity contribution in [1.29, 1.82) is 0 Å². The average Bonchev–Trinajstić information content (AvgIpc) is 3.22. The maximum atomic E-state index is 12.9. The van der Waals surface area contributed by atoms with Crippen LogP contribution in [0.3, 0.4) is 0 Å². The van der Waals surface area contributed by atoms with Gasteiger partial charge in [-0.1, -0.05) is 12.1 Å². The Morgan fingerprint density at radius 2 is 1.87 bits per heavy atom. The minimum absolute atomic E-state index is 0.191. The van der Waals surface area contributed by atoms with Crippen molar-refractivity contribution in [1.82, 2.24) is 14.9 Å². The van der Waals surface area contributed by atoms with E-state index in [9.17, 15) is 18.0 Å². The summed E-state index contributed by atoms with van der Waals surface area (Å²) in [5.41, 5.74) is 0.173. The Bertz CT molecular complexity index is 1020. The minimum Gasteiger partial charge on any atom is -0.368 e. The summed E-state index contributed by atoms with van der Waals surface area (Å²) in [7, 11) is 0. The SMILES string of the molecule is O=C(c1csc(Nc2ccccn2)n1)N1CCN(c2cccc(C(F)(F)F)c2)CC1. The summed E-state index contributed by atoms with van der Waals surface area (Å²) in [6.45, 7) is 1.73. The molecule has 6 nitrogen and oxygen atoms in total. The molecular weight excluding hydrogens is 415 g/mol. The van der Waals surface area contributed by atoms with Crippen molar-refractivity contribution in [2.24, 2.45) is 0 Å². The Balaban J connectivity index is 1.37. The van der Waals surface area contributed by atoms with Crippen molar-refractivity contribution in [3.05, 3.63) is 65.3 Å². The number of benzene rings is 1. The number of thiazole rings is 1. The Morgan fingerprint density at radius 3 is 2.57 bits per heavy atom. The number of carbonyl (C=O) groups is 1. The Morgan fingerprint density at radius 1 is 1.07 bits per heavy atom. The number of anilines is 3. The molecule has 30 heavy (non-hydrogen) atoms. The summed E-state index contributed by atoms with van der Waals surface area (Å²) in [5, 5.41) is 5.31. The smallest absolute Gasteiger partial charge is 0.368 e. The summed E-state index contributed by atoms with van der Waals surface area (Å²) in [4.78, 5) is 24.8. The molecule has 1 fully saturated rings. The van der Waals surface area contributed by atoms with Crippen LogP contribution in [0.2, 0.25) is 0 Å². The molecular formula is C20H18F3N5OS. The van der Waals surface area contributed by atoms with Crippen LogP contribution in [-0.2, 0) is 6.18 Å². The minimum atomic E-state index is -4.38. The fourth-order valence-corrected chi connectivity index (χ4v) is 3.88. The van der Waals surface area contributed by atoms with Gasteiger partial charge in [0.2, 0.25) is 0 Å². The second-order valence-electron chi connectivity index (χ2n) is 6.71. The van der Waals surface area contributed by atoms with E-state index >= 15 is 0 Å². The van der Waals surface area contributed by atoms with E-state index in [0.717, 1.165) is 12.1 Å². The highest BCUT2D eigenvalue weighted by molar-refractivity contribution is 7.14. The highest BCUT2D eigenvalue weighted by atomic mass is 32.1. The third-order valence-electron chi connectivity index (χ3n) is 4.73. The molecule has 1 amide bonds. The zero-order chi connectivity index (χ0) is 21.1. The lowest BCUT2D eigenvalue weighted by atomic mass is 10.1. The number of amides is 1. The molecule has 3 heterocycles. The fraction of sp³-hybridized carbons (Fsp3) is 0.250. The monoisotopic (exact) mass is 433 g/mol. The van der Waals surface area contributed by atoms with Crippen LogP contribution in [0.5, 0.6) is 0 Å². The van der Waals surface area contributed by atoms with Crippen molar-refractivity contribution < 1.29 is 18.0 Å². The molecule has 1 N–H and O–H groups in total. The molecule has 0 radical (unpaired) electrons. The maximum absolute atomic E-state index is 12.9. The molecule has 1 aliphatic rings. The molecule has 0 aliphatic carbocycles. The molecule has 1 aliphatic heterocycles. The van der Waals surface area contributed by atoms with E-state index in [4.69, 9.17) is 0 Å². The standard InChI is InChI=1S/C20H18F3N5OS/c21-20(22,23)14-4-3-5-15(12-14)27-8-10-28(11-9-27)18(29)16-13-30-19(25-16)26-17-6-1-2-7-24-17/h1-7,12-13H,8-11H2,(H,24,25,26). The first kappa shape index (κ1) is 20.1. The van der Waals surface area contributed by atoms with E-state index in [1.165, 1.54) is 17.4 Å². The first-order valence-corrected chi connectivity index (χ1v) is 10.1. The van der Waals surface area contributed by atoms with Crippen molar-refractivity contribution >= 4 is 33.9 Å². The number of hydrogen-bond acceptors (Lipinski definition) is 6. The van der Waals surface area contributed by atoms with Gasteiger partial charge in [-0.05, 0) is 30.3 Å². The van der Waals surface area contributed by atoms with Gasteiger partial charge in [0.25, 0.3) is 5.91 Å². The van der Waals surface area contributed by atoms with Gasteiger partial charge in [-0.25, -0.2) is 9.97 Å². The van der Waals surface area contributed by atoms with E-state index in [1.54, 1.807) is 34.7 Å². The van der Waals surface area contributed by atoms with Gasteiger partial charge in [-0.3, -0.25) is 4.79 Å². The third-order valence-corrected chi connectivity index (χ3v) is 5.49. The van der Waals surface area contributed by atoms with E-state index < -0.39 is 11.7 Å². The first-order valence-electron chi connectivity index (χ1n) is 9.25. The number of aromatic nitrogens is 2. The highest BCUT2D eigenvalue weighted by Crippen LogP contribution is 2.32. The molecule has 0 saturated carbocycles. The predicted molar refractivity (Wildman–Crippen MR) is 109 cm³/mol. The molecule has 0 atom stereocenters. The molecule has 4 rings (SSSR count). The van der Waals surface area contributed by atoms with Crippen molar-refractivity contribution in [3.63, 3.8) is 0 Å². The van der Waals surface area contributed by atoms with E-state index in [-0.39, 0.29) is 5.91 Å². The van der Waals surface area contributed by atoms with Crippen LogP contribution in [0.15, 0.2) is 54.0 Å². The van der Waals surface area contributed by atoms with Crippen LogP contribution in [-0.4, -0.2) is 47.0 Å². The molecule has 3 aromatic rings. The summed E-state index contributed by atoms with van der Waals surface area (Å²) in [6, 6.07) is 10.7. The van der Waals surface area contributed by atoms with Crippen LogP contribution in [0, 0.1) is 0 Å². The zero-order valence-corrected chi connectivity index (χ0v) is 16.6. The molecule has 0 bridgehead atoms. The number of hydrogen-bond donors (Lipinski definition) is 1. The quantitative estimate of drug-likeness (QED) is 0.666. The summed E-state index contributed by atoms with van der Waals surface area (Å²) in [6.07, 6.45) is -2.72. The maximum Gasteiger partial charge on any atom is 0.416 e. The van der Waals surface area contributed by atoms with Crippen LogP contribution >= 0.6 is 11.3 Å². The molecule has 2 aromatic heterocycles. The lowest BCUT2D eigenvalue weighted by Gasteiger charge is -2.36. The highest BCUT2D eigenvalue weighted by Gasteiger charge is 2.31. The van der Waals surface area contributed by atoms with Crippen LogP contribution < -0.4 is 10.2 Å². The Kier molecular flexibility index (Phi) is 5.58. The topological polar surface area (TPSA) is 61.4 Å². The van der Waals surface area contributed by atoms with E-state index in [1.807, 2.05) is 11.0 Å². The van der Waals surface area contributed by atoms with Crippen molar-refractivity contribution in [2.75, 3.05) is 36.4 Å². The zero-order valence-electron chi connectivity index (χ0n) is 15.8. The van der Waals surface area contributed by atoms with Gasteiger partial charge in [0.05, 0.1) is 5.56 Å². The normalized spacial score (nSPS) is 14.6. The van der Waals surface area contributed by atoms with Gasteiger partial charge in [0.15, 0.2) is 5.13 Å². The van der Waals surface area contributed by atoms with E-state index in [0.29, 0.717) is 48.5 Å². The lowest BCUT2D eigenvalue weighted by molar-refractivity contribution is -0.137. The molecule has 0 spiro atoms. The van der Waals surface area contributed by atoms with Gasteiger partial charge in [-0.2, -0.15) is 13.2 Å². The second kappa shape index (κ2) is 8.31. The van der Waals surface area contributed by atoms with Crippen LogP contribution in [0.25, 0.3) is 0 Å². The number of rotatable bonds is 4. The summed E-state index contributed by atoms with van der Waals surface area (Å²) >= 11 is 1.31. The molecule has 156 valence electrons. The average molecular weight is 433 g/mol. The number of nitrogens with one attached hydrogen (secondary N) is 1. The van der Waals surface area contributed by atoms with Crippen LogP contribution in [0.1, 0.15) is 16.1 Å². The van der Waals surface area contributed by atoms with Gasteiger partial charge in [0.1, 0.15) is 11.5 Å². The van der Waals surface area contributed by atoms with Crippen molar-refractivity contribution in [2.45, 2.75) is 6.18 Å². The molecule has 0 unspecified atom stereocenters. The molecule has 10 heteroatoms. The lowest BCUT2D eigenvalue weighted by Crippen LogP contribution is -2.48. The summed E-state index contributed by atoms with van der Waals surface area (Å²) in [5.74, 6) is 0.449. The molecule has 1 saturated heterocycles. The van der Waals surface area contributed by atoms with Crippen LogP contribution in [0.4, 0.5) is 29.8 Å². The second-order valence-corrected chi connectivity index (χ2v) is 7.56.